The number of methoxy groups -OCH3 is 1. The number of nitrogens with one attached hydrogen (secondary N) is 2. The second-order valence-corrected chi connectivity index (χ2v) is 9.52. The van der Waals surface area contributed by atoms with Crippen LogP contribution in [0.2, 0.25) is 5.02 Å². The molecule has 1 heterocycles. The van der Waals surface area contributed by atoms with Crippen LogP contribution < -0.4 is 15.4 Å². The van der Waals surface area contributed by atoms with Crippen LogP contribution in [0, 0.1) is 0 Å². The van der Waals surface area contributed by atoms with Gasteiger partial charge in [0.1, 0.15) is 12.4 Å². The van der Waals surface area contributed by atoms with E-state index in [2.05, 4.69) is 39.8 Å². The first kappa shape index (κ1) is 26.2. The number of likely N-dealkylation sites (tertiary alicyclic amines) is 1. The number of rotatable bonds is 12. The number of ether oxygens (including phenoxy) is 2. The van der Waals surface area contributed by atoms with Crippen molar-refractivity contribution in [1.29, 1.82) is 0 Å². The van der Waals surface area contributed by atoms with E-state index >= 15 is 0 Å². The van der Waals surface area contributed by atoms with E-state index in [-0.39, 0.29) is 18.0 Å². The number of halogens is 1. The lowest BCUT2D eigenvalue weighted by molar-refractivity contribution is -0.125. The predicted octanol–water partition coefficient (Wildman–Crippen LogP) is 4.41. The standard InChI is InChI=1S/C29H34ClN3O3/c1-35-16-15-31-29(34)28-17-26(20-33(28)19-23-7-11-25(30)12-8-23)32-18-22-9-13-27(14-10-22)36-21-24-5-3-2-4-6-24/h2-14,26,28,32H,15-21H2,1H3,(H,31,34)/t26-,28+/m1/s1. The molecule has 0 bridgehead atoms. The van der Waals surface area contributed by atoms with Crippen molar-refractivity contribution in [3.05, 3.63) is 101 Å². The first-order valence-electron chi connectivity index (χ1n) is 12.3. The second-order valence-electron chi connectivity index (χ2n) is 9.09. The molecule has 0 aliphatic carbocycles. The van der Waals surface area contributed by atoms with E-state index in [9.17, 15) is 4.79 Å². The molecule has 1 saturated heterocycles. The normalized spacial score (nSPS) is 17.7. The zero-order chi connectivity index (χ0) is 25.2. The summed E-state index contributed by atoms with van der Waals surface area (Å²) in [6.07, 6.45) is 0.755. The van der Waals surface area contributed by atoms with Gasteiger partial charge in [-0.2, -0.15) is 0 Å². The number of carbonyl (C=O) groups excluding carboxylic acids is 1. The Morgan fingerprint density at radius 2 is 1.69 bits per heavy atom. The summed E-state index contributed by atoms with van der Waals surface area (Å²) in [4.78, 5) is 15.2. The Morgan fingerprint density at radius 3 is 2.42 bits per heavy atom. The molecule has 6 nitrogen and oxygen atoms in total. The van der Waals surface area contributed by atoms with E-state index in [0.717, 1.165) is 36.4 Å². The van der Waals surface area contributed by atoms with Gasteiger partial charge in [0.2, 0.25) is 5.91 Å². The minimum Gasteiger partial charge on any atom is -0.489 e. The van der Waals surface area contributed by atoms with Crippen molar-refractivity contribution in [2.24, 2.45) is 0 Å². The molecule has 2 atom stereocenters. The molecule has 1 aliphatic heterocycles. The maximum atomic E-state index is 12.9. The minimum absolute atomic E-state index is 0.0465. The fourth-order valence-corrected chi connectivity index (χ4v) is 4.55. The van der Waals surface area contributed by atoms with E-state index in [1.165, 1.54) is 5.56 Å². The van der Waals surface area contributed by atoms with Crippen LogP contribution in [0.25, 0.3) is 0 Å². The summed E-state index contributed by atoms with van der Waals surface area (Å²) < 4.78 is 11.0. The Labute approximate surface area is 218 Å². The molecule has 3 aromatic carbocycles. The van der Waals surface area contributed by atoms with Crippen LogP contribution in [-0.2, 0) is 29.2 Å². The number of carbonyl (C=O) groups is 1. The Morgan fingerprint density at radius 1 is 0.972 bits per heavy atom. The van der Waals surface area contributed by atoms with Crippen LogP contribution in [0.15, 0.2) is 78.9 Å². The quantitative estimate of drug-likeness (QED) is 0.355. The summed E-state index contributed by atoms with van der Waals surface area (Å²) >= 11 is 6.05. The topological polar surface area (TPSA) is 62.8 Å². The highest BCUT2D eigenvalue weighted by molar-refractivity contribution is 6.30. The maximum absolute atomic E-state index is 12.9. The van der Waals surface area contributed by atoms with Gasteiger partial charge in [-0.25, -0.2) is 0 Å². The Kier molecular flexibility index (Phi) is 9.76. The molecule has 2 N–H and O–H groups in total. The van der Waals surface area contributed by atoms with Gasteiger partial charge in [0.05, 0.1) is 12.6 Å². The molecule has 1 amide bonds. The molecule has 0 saturated carbocycles. The van der Waals surface area contributed by atoms with Gasteiger partial charge in [-0.15, -0.1) is 0 Å². The minimum atomic E-state index is -0.191. The summed E-state index contributed by atoms with van der Waals surface area (Å²) in [6, 6.07) is 26.2. The van der Waals surface area contributed by atoms with Crippen LogP contribution in [0.3, 0.4) is 0 Å². The van der Waals surface area contributed by atoms with Crippen LogP contribution in [-0.4, -0.2) is 49.7 Å². The monoisotopic (exact) mass is 507 g/mol. The largest absolute Gasteiger partial charge is 0.489 e. The van der Waals surface area contributed by atoms with E-state index in [1.807, 2.05) is 54.6 Å². The lowest BCUT2D eigenvalue weighted by Crippen LogP contribution is -2.43. The highest BCUT2D eigenvalue weighted by Gasteiger charge is 2.36. The van der Waals surface area contributed by atoms with Gasteiger partial charge in [0.25, 0.3) is 0 Å². The molecule has 190 valence electrons. The van der Waals surface area contributed by atoms with Crippen LogP contribution in [0.1, 0.15) is 23.1 Å². The van der Waals surface area contributed by atoms with Crippen molar-refractivity contribution in [2.45, 2.75) is 38.2 Å². The fourth-order valence-electron chi connectivity index (χ4n) is 4.42. The molecule has 0 radical (unpaired) electrons. The molecule has 0 spiro atoms. The van der Waals surface area contributed by atoms with Crippen molar-refractivity contribution in [2.75, 3.05) is 26.8 Å². The first-order chi connectivity index (χ1) is 17.6. The molecular weight excluding hydrogens is 474 g/mol. The summed E-state index contributed by atoms with van der Waals surface area (Å²) in [6.45, 7) is 3.79. The molecule has 36 heavy (non-hydrogen) atoms. The fraction of sp³-hybridized carbons (Fsp3) is 0.345. The van der Waals surface area contributed by atoms with Gasteiger partial charge in [0, 0.05) is 44.4 Å². The smallest absolute Gasteiger partial charge is 0.237 e. The molecule has 7 heteroatoms. The molecule has 0 unspecified atom stereocenters. The van der Waals surface area contributed by atoms with Gasteiger partial charge < -0.3 is 20.1 Å². The van der Waals surface area contributed by atoms with Gasteiger partial charge in [-0.1, -0.05) is 66.2 Å². The highest BCUT2D eigenvalue weighted by atomic mass is 35.5. The van der Waals surface area contributed by atoms with Crippen molar-refractivity contribution < 1.29 is 14.3 Å². The van der Waals surface area contributed by atoms with Crippen molar-refractivity contribution in [3.8, 4) is 5.75 Å². The van der Waals surface area contributed by atoms with E-state index < -0.39 is 0 Å². The number of benzene rings is 3. The lowest BCUT2D eigenvalue weighted by atomic mass is 10.1. The number of nitrogens with zero attached hydrogens (tertiary/aromatic N) is 1. The van der Waals surface area contributed by atoms with E-state index in [4.69, 9.17) is 21.1 Å². The predicted molar refractivity (Wildman–Crippen MR) is 143 cm³/mol. The summed E-state index contributed by atoms with van der Waals surface area (Å²) in [7, 11) is 1.64. The molecular formula is C29H34ClN3O3. The summed E-state index contributed by atoms with van der Waals surface area (Å²) in [5.74, 6) is 0.899. The Balaban J connectivity index is 1.31. The van der Waals surface area contributed by atoms with Gasteiger partial charge >= 0.3 is 0 Å². The van der Waals surface area contributed by atoms with Crippen molar-refractivity contribution in [3.63, 3.8) is 0 Å². The number of hydrogen-bond donors (Lipinski definition) is 2. The third-order valence-corrected chi connectivity index (χ3v) is 6.63. The SMILES string of the molecule is COCCNC(=O)[C@@H]1C[C@@H](NCc2ccc(OCc3ccccc3)cc2)CN1Cc1ccc(Cl)cc1. The third kappa shape index (κ3) is 7.80. The lowest BCUT2D eigenvalue weighted by Gasteiger charge is -2.23. The average Bonchev–Trinajstić information content (AvgIpc) is 3.31. The average molecular weight is 508 g/mol. The number of amides is 1. The van der Waals surface area contributed by atoms with Crippen molar-refractivity contribution >= 4 is 17.5 Å². The Hall–Kier alpha value is -2.90. The van der Waals surface area contributed by atoms with Gasteiger partial charge in [-0.05, 0) is 47.4 Å². The van der Waals surface area contributed by atoms with E-state index in [1.54, 1.807) is 7.11 Å². The van der Waals surface area contributed by atoms with Crippen LogP contribution in [0.5, 0.6) is 5.75 Å². The van der Waals surface area contributed by atoms with Crippen molar-refractivity contribution in [1.82, 2.24) is 15.5 Å². The maximum Gasteiger partial charge on any atom is 0.237 e. The van der Waals surface area contributed by atoms with Crippen LogP contribution in [0.4, 0.5) is 0 Å². The van der Waals surface area contributed by atoms with Gasteiger partial charge in [-0.3, -0.25) is 9.69 Å². The number of hydrogen-bond acceptors (Lipinski definition) is 5. The molecule has 4 rings (SSSR count). The summed E-state index contributed by atoms with van der Waals surface area (Å²) in [5.41, 5.74) is 3.47. The van der Waals surface area contributed by atoms with Crippen LogP contribution >= 0.6 is 11.6 Å². The zero-order valence-corrected chi connectivity index (χ0v) is 21.4. The highest BCUT2D eigenvalue weighted by Crippen LogP contribution is 2.23. The third-order valence-electron chi connectivity index (χ3n) is 6.38. The Bertz CT molecular complexity index is 1080. The molecule has 1 fully saturated rings. The molecule has 3 aromatic rings. The van der Waals surface area contributed by atoms with Gasteiger partial charge in [0.15, 0.2) is 0 Å². The zero-order valence-electron chi connectivity index (χ0n) is 20.7. The molecule has 1 aliphatic rings. The second kappa shape index (κ2) is 13.4. The summed E-state index contributed by atoms with van der Waals surface area (Å²) in [5, 5.41) is 7.36. The first-order valence-corrected chi connectivity index (χ1v) is 12.7. The molecule has 0 aromatic heterocycles. The van der Waals surface area contributed by atoms with E-state index in [0.29, 0.717) is 31.3 Å².